The molecule has 96 valence electrons. The zero-order valence-electron chi connectivity index (χ0n) is 11.4. The molecule has 0 amide bonds. The first-order valence-electron chi connectivity index (χ1n) is 6.49. The summed E-state index contributed by atoms with van der Waals surface area (Å²) in [6.07, 6.45) is 1.32. The summed E-state index contributed by atoms with van der Waals surface area (Å²) in [4.78, 5) is 0. The van der Waals surface area contributed by atoms with E-state index in [4.69, 9.17) is 4.74 Å². The van der Waals surface area contributed by atoms with E-state index in [1.165, 1.54) is 5.56 Å². The quantitative estimate of drug-likeness (QED) is 0.782. The Balaban J connectivity index is 2.50. The molecule has 0 spiro atoms. The molecule has 0 bridgehead atoms. The monoisotopic (exact) mass is 235 g/mol. The molecule has 0 saturated carbocycles. The average molecular weight is 235 g/mol. The fourth-order valence-electron chi connectivity index (χ4n) is 1.92. The molecule has 2 unspecified atom stereocenters. The second kappa shape index (κ2) is 7.46. The average Bonchev–Trinajstić information content (AvgIpc) is 2.31. The molecule has 1 aromatic rings. The van der Waals surface area contributed by atoms with E-state index in [0.29, 0.717) is 5.92 Å². The minimum absolute atomic E-state index is 0.196. The summed E-state index contributed by atoms with van der Waals surface area (Å²) in [6.45, 7) is 7.42. The number of hydrogen-bond donors (Lipinski definition) is 1. The lowest BCUT2D eigenvalue weighted by Crippen LogP contribution is -2.29. The van der Waals surface area contributed by atoms with Gasteiger partial charge in [-0.3, -0.25) is 0 Å². The molecule has 2 atom stereocenters. The molecule has 17 heavy (non-hydrogen) atoms. The molecule has 0 aromatic heterocycles. The summed E-state index contributed by atoms with van der Waals surface area (Å²) in [7, 11) is 1.99. The van der Waals surface area contributed by atoms with Crippen molar-refractivity contribution in [2.45, 2.75) is 39.3 Å². The van der Waals surface area contributed by atoms with Crippen LogP contribution in [-0.4, -0.2) is 19.8 Å². The number of hydrogen-bond acceptors (Lipinski definition) is 2. The normalized spacial score (nSPS) is 14.9. The zero-order chi connectivity index (χ0) is 12.7. The second-order valence-electron chi connectivity index (χ2n) is 4.94. The Labute approximate surface area is 105 Å². The van der Waals surface area contributed by atoms with Crippen LogP contribution in [0.25, 0.3) is 0 Å². The van der Waals surface area contributed by atoms with Crippen LogP contribution in [-0.2, 0) is 4.74 Å². The summed E-state index contributed by atoms with van der Waals surface area (Å²) in [5.74, 6) is 0.701. The molecule has 0 aliphatic rings. The highest BCUT2D eigenvalue weighted by molar-refractivity contribution is 5.19. The van der Waals surface area contributed by atoms with Crippen LogP contribution in [0.1, 0.15) is 38.8 Å². The lowest BCUT2D eigenvalue weighted by molar-refractivity contribution is 0.0343. The van der Waals surface area contributed by atoms with Crippen LogP contribution in [0.2, 0.25) is 0 Å². The molecular formula is C15H25NO. The van der Waals surface area contributed by atoms with Crippen molar-refractivity contribution >= 4 is 0 Å². The fraction of sp³-hybridized carbons (Fsp3) is 0.600. The molecular weight excluding hydrogens is 210 g/mol. The summed E-state index contributed by atoms with van der Waals surface area (Å²) < 4.78 is 5.90. The van der Waals surface area contributed by atoms with Gasteiger partial charge in [-0.1, -0.05) is 44.2 Å². The van der Waals surface area contributed by atoms with Crippen LogP contribution in [0.15, 0.2) is 30.3 Å². The summed E-state index contributed by atoms with van der Waals surface area (Å²) in [5, 5.41) is 3.33. The van der Waals surface area contributed by atoms with E-state index in [1.54, 1.807) is 0 Å². The van der Waals surface area contributed by atoms with Gasteiger partial charge in [-0.25, -0.2) is 0 Å². The Bertz CT molecular complexity index is 297. The van der Waals surface area contributed by atoms with E-state index in [0.717, 1.165) is 13.0 Å². The maximum Gasteiger partial charge on any atom is 0.0741 e. The van der Waals surface area contributed by atoms with E-state index in [-0.39, 0.29) is 12.1 Å². The first kappa shape index (κ1) is 14.2. The van der Waals surface area contributed by atoms with Crippen LogP contribution in [0.3, 0.4) is 0 Å². The van der Waals surface area contributed by atoms with Crippen molar-refractivity contribution in [3.8, 4) is 0 Å². The van der Waals surface area contributed by atoms with E-state index in [1.807, 2.05) is 13.1 Å². The van der Waals surface area contributed by atoms with Crippen LogP contribution in [0.5, 0.6) is 0 Å². The van der Waals surface area contributed by atoms with Crippen molar-refractivity contribution in [3.05, 3.63) is 35.9 Å². The van der Waals surface area contributed by atoms with Crippen molar-refractivity contribution in [1.82, 2.24) is 5.32 Å². The second-order valence-corrected chi connectivity index (χ2v) is 4.94. The standard InChI is InChI=1S/C15H25NO/c1-12(2)10-11-17-13(3)15(16-4)14-8-6-5-7-9-14/h5-9,12-13,15-16H,10-11H2,1-4H3. The van der Waals surface area contributed by atoms with Crippen LogP contribution >= 0.6 is 0 Å². The van der Waals surface area contributed by atoms with Crippen LogP contribution in [0.4, 0.5) is 0 Å². The minimum Gasteiger partial charge on any atom is -0.377 e. The Kier molecular flexibility index (Phi) is 6.23. The predicted molar refractivity (Wildman–Crippen MR) is 73.1 cm³/mol. The molecule has 2 nitrogen and oxygen atoms in total. The highest BCUT2D eigenvalue weighted by Crippen LogP contribution is 2.18. The van der Waals surface area contributed by atoms with Gasteiger partial charge in [0.15, 0.2) is 0 Å². The number of benzene rings is 1. The van der Waals surface area contributed by atoms with E-state index in [9.17, 15) is 0 Å². The van der Waals surface area contributed by atoms with Crippen LogP contribution < -0.4 is 5.32 Å². The van der Waals surface area contributed by atoms with Crippen LogP contribution in [0, 0.1) is 5.92 Å². The van der Waals surface area contributed by atoms with Gasteiger partial charge >= 0.3 is 0 Å². The van der Waals surface area contributed by atoms with Crippen molar-refractivity contribution < 1.29 is 4.74 Å². The van der Waals surface area contributed by atoms with Gasteiger partial charge in [-0.05, 0) is 31.9 Å². The van der Waals surface area contributed by atoms with Gasteiger partial charge in [0.25, 0.3) is 0 Å². The number of likely N-dealkylation sites (N-methyl/N-ethyl adjacent to an activating group) is 1. The van der Waals surface area contributed by atoms with Gasteiger partial charge in [-0.15, -0.1) is 0 Å². The first-order chi connectivity index (χ1) is 8.15. The van der Waals surface area contributed by atoms with Crippen molar-refractivity contribution in [2.75, 3.05) is 13.7 Å². The molecule has 0 aliphatic heterocycles. The van der Waals surface area contributed by atoms with Gasteiger partial charge < -0.3 is 10.1 Å². The molecule has 0 radical (unpaired) electrons. The molecule has 1 N–H and O–H groups in total. The third-order valence-electron chi connectivity index (χ3n) is 3.02. The fourth-order valence-corrected chi connectivity index (χ4v) is 1.92. The lowest BCUT2D eigenvalue weighted by Gasteiger charge is -2.24. The summed E-state index contributed by atoms with van der Waals surface area (Å²) in [6, 6.07) is 10.7. The van der Waals surface area contributed by atoms with Crippen molar-refractivity contribution in [1.29, 1.82) is 0 Å². The molecule has 0 fully saturated rings. The van der Waals surface area contributed by atoms with Gasteiger partial charge in [-0.2, -0.15) is 0 Å². The maximum atomic E-state index is 5.90. The number of nitrogens with one attached hydrogen (secondary N) is 1. The number of rotatable bonds is 7. The molecule has 0 aliphatic carbocycles. The highest BCUT2D eigenvalue weighted by Gasteiger charge is 2.17. The molecule has 2 heteroatoms. The molecule has 1 aromatic carbocycles. The molecule has 0 heterocycles. The summed E-state index contributed by atoms with van der Waals surface area (Å²) in [5.41, 5.74) is 1.28. The Hall–Kier alpha value is -0.860. The lowest BCUT2D eigenvalue weighted by atomic mass is 10.0. The van der Waals surface area contributed by atoms with Crippen molar-refractivity contribution in [2.24, 2.45) is 5.92 Å². The predicted octanol–water partition coefficient (Wildman–Crippen LogP) is 3.40. The van der Waals surface area contributed by atoms with Crippen molar-refractivity contribution in [3.63, 3.8) is 0 Å². The third-order valence-corrected chi connectivity index (χ3v) is 3.02. The topological polar surface area (TPSA) is 21.3 Å². The van der Waals surface area contributed by atoms with Gasteiger partial charge in [0.05, 0.1) is 12.1 Å². The number of ether oxygens (including phenoxy) is 1. The Morgan fingerprint density at radius 3 is 2.29 bits per heavy atom. The molecule has 0 saturated heterocycles. The van der Waals surface area contributed by atoms with Gasteiger partial charge in [0.1, 0.15) is 0 Å². The van der Waals surface area contributed by atoms with E-state index < -0.39 is 0 Å². The smallest absolute Gasteiger partial charge is 0.0741 e. The zero-order valence-corrected chi connectivity index (χ0v) is 11.4. The largest absolute Gasteiger partial charge is 0.377 e. The highest BCUT2D eigenvalue weighted by atomic mass is 16.5. The van der Waals surface area contributed by atoms with E-state index >= 15 is 0 Å². The van der Waals surface area contributed by atoms with E-state index in [2.05, 4.69) is 50.4 Å². The van der Waals surface area contributed by atoms with Gasteiger partial charge in [0.2, 0.25) is 0 Å². The Morgan fingerprint density at radius 2 is 1.76 bits per heavy atom. The minimum atomic E-state index is 0.196. The third kappa shape index (κ3) is 4.88. The SMILES string of the molecule is CNC(c1ccccc1)C(C)OCCC(C)C. The summed E-state index contributed by atoms with van der Waals surface area (Å²) >= 11 is 0. The first-order valence-corrected chi connectivity index (χ1v) is 6.49. The van der Waals surface area contributed by atoms with Gasteiger partial charge in [0, 0.05) is 6.61 Å². The molecule has 1 rings (SSSR count). The Morgan fingerprint density at radius 1 is 1.12 bits per heavy atom. The maximum absolute atomic E-state index is 5.90.